The van der Waals surface area contributed by atoms with Crippen LogP contribution >= 0.6 is 0 Å². The molecule has 0 aliphatic heterocycles. The molecule has 0 saturated carbocycles. The number of rotatable bonds is 6. The van der Waals surface area contributed by atoms with E-state index in [2.05, 4.69) is 34.4 Å². The summed E-state index contributed by atoms with van der Waals surface area (Å²) in [6, 6.07) is 12.1. The monoisotopic (exact) mass is 364 g/mol. The van der Waals surface area contributed by atoms with Gasteiger partial charge in [-0.25, -0.2) is 14.4 Å². The van der Waals surface area contributed by atoms with E-state index in [-0.39, 0.29) is 17.4 Å². The number of aryl methyl sites for hydroxylation is 2. The Balaban J connectivity index is 1.75. The molecular formula is C21H21FN4O. The Kier molecular flexibility index (Phi) is 5.76. The molecule has 0 fully saturated rings. The van der Waals surface area contributed by atoms with Gasteiger partial charge in [-0.2, -0.15) is 0 Å². The summed E-state index contributed by atoms with van der Waals surface area (Å²) in [5, 5.41) is 5.91. The molecule has 1 amide bonds. The number of aromatic nitrogens is 2. The number of nitrogens with zero attached hydrogens (tertiary/aromatic N) is 2. The minimum Gasteiger partial charge on any atom is -0.339 e. The molecule has 5 nitrogen and oxygen atoms in total. The third-order valence-corrected chi connectivity index (χ3v) is 4.22. The van der Waals surface area contributed by atoms with Crippen molar-refractivity contribution in [3.8, 4) is 0 Å². The number of carbonyl (C=O) groups excluding carboxylic acids is 1. The van der Waals surface area contributed by atoms with Crippen LogP contribution in [0.2, 0.25) is 0 Å². The highest BCUT2D eigenvalue weighted by Crippen LogP contribution is 2.23. The van der Waals surface area contributed by atoms with Crippen molar-refractivity contribution in [1.29, 1.82) is 0 Å². The predicted molar refractivity (Wildman–Crippen MR) is 105 cm³/mol. The molecule has 1 aromatic heterocycles. The summed E-state index contributed by atoms with van der Waals surface area (Å²) >= 11 is 0. The summed E-state index contributed by atoms with van der Waals surface area (Å²) in [6.07, 6.45) is 4.50. The van der Waals surface area contributed by atoms with Gasteiger partial charge >= 0.3 is 0 Å². The van der Waals surface area contributed by atoms with Crippen LogP contribution in [0.4, 0.5) is 21.6 Å². The normalized spacial score (nSPS) is 10.5. The van der Waals surface area contributed by atoms with Gasteiger partial charge in [0.25, 0.3) is 5.91 Å². The molecule has 0 saturated heterocycles. The minimum absolute atomic E-state index is 0.216. The lowest BCUT2D eigenvalue weighted by Gasteiger charge is -2.14. The molecule has 0 spiro atoms. The van der Waals surface area contributed by atoms with Crippen molar-refractivity contribution in [3.05, 3.63) is 77.5 Å². The molecule has 1 heterocycles. The van der Waals surface area contributed by atoms with Gasteiger partial charge in [0, 0.05) is 11.4 Å². The van der Waals surface area contributed by atoms with Crippen LogP contribution < -0.4 is 10.6 Å². The van der Waals surface area contributed by atoms with E-state index in [0.29, 0.717) is 11.5 Å². The zero-order valence-electron chi connectivity index (χ0n) is 15.3. The topological polar surface area (TPSA) is 66.9 Å². The molecule has 3 aromatic rings. The molecule has 2 aromatic carbocycles. The van der Waals surface area contributed by atoms with Crippen LogP contribution in [0.15, 0.2) is 54.9 Å². The largest absolute Gasteiger partial charge is 0.339 e. The summed E-state index contributed by atoms with van der Waals surface area (Å²) in [5.74, 6) is -0.221. The van der Waals surface area contributed by atoms with Crippen LogP contribution in [-0.2, 0) is 12.8 Å². The van der Waals surface area contributed by atoms with Gasteiger partial charge in [0.15, 0.2) is 0 Å². The van der Waals surface area contributed by atoms with Crippen molar-refractivity contribution in [2.45, 2.75) is 26.7 Å². The zero-order valence-corrected chi connectivity index (χ0v) is 15.3. The lowest BCUT2D eigenvalue weighted by molar-refractivity contribution is 0.102. The Hall–Kier alpha value is -3.28. The van der Waals surface area contributed by atoms with Gasteiger partial charge in [0.1, 0.15) is 17.3 Å². The molecule has 0 radical (unpaired) electrons. The van der Waals surface area contributed by atoms with E-state index in [0.717, 1.165) is 29.7 Å². The van der Waals surface area contributed by atoms with E-state index >= 15 is 0 Å². The summed E-state index contributed by atoms with van der Waals surface area (Å²) in [7, 11) is 0. The number of carbonyl (C=O) groups is 1. The fourth-order valence-electron chi connectivity index (χ4n) is 2.80. The average Bonchev–Trinajstić information content (AvgIpc) is 2.68. The van der Waals surface area contributed by atoms with E-state index in [1.165, 1.54) is 24.5 Å². The highest BCUT2D eigenvalue weighted by atomic mass is 19.1. The van der Waals surface area contributed by atoms with Gasteiger partial charge in [-0.05, 0) is 42.2 Å². The molecular weight excluding hydrogens is 343 g/mol. The van der Waals surface area contributed by atoms with E-state index < -0.39 is 0 Å². The quantitative estimate of drug-likeness (QED) is 0.663. The van der Waals surface area contributed by atoms with Crippen molar-refractivity contribution >= 4 is 23.1 Å². The van der Waals surface area contributed by atoms with Gasteiger partial charge in [-0.1, -0.05) is 38.1 Å². The van der Waals surface area contributed by atoms with E-state index in [4.69, 9.17) is 0 Å². The van der Waals surface area contributed by atoms with Crippen molar-refractivity contribution in [2.24, 2.45) is 0 Å². The number of nitrogens with one attached hydrogen (secondary N) is 2. The Morgan fingerprint density at radius 3 is 2.30 bits per heavy atom. The first kappa shape index (κ1) is 18.5. The maximum absolute atomic E-state index is 13.2. The Morgan fingerprint density at radius 2 is 1.70 bits per heavy atom. The minimum atomic E-state index is -0.342. The number of amides is 1. The SMILES string of the molecule is CCc1cccc(CC)c1NC(=O)c1cnc(Nc2cccc(F)c2)cn1. The molecule has 3 rings (SSSR count). The molecule has 0 atom stereocenters. The highest BCUT2D eigenvalue weighted by molar-refractivity contribution is 6.03. The number of hydrogen-bond acceptors (Lipinski definition) is 4. The summed E-state index contributed by atoms with van der Waals surface area (Å²) in [6.45, 7) is 4.11. The van der Waals surface area contributed by atoms with Crippen LogP contribution in [0, 0.1) is 5.82 Å². The van der Waals surface area contributed by atoms with Crippen molar-refractivity contribution in [1.82, 2.24) is 9.97 Å². The second-order valence-electron chi connectivity index (χ2n) is 6.03. The van der Waals surface area contributed by atoms with Crippen LogP contribution in [0.25, 0.3) is 0 Å². The van der Waals surface area contributed by atoms with Crippen LogP contribution in [0.3, 0.4) is 0 Å². The number of halogens is 1. The van der Waals surface area contributed by atoms with Crippen LogP contribution in [-0.4, -0.2) is 15.9 Å². The highest BCUT2D eigenvalue weighted by Gasteiger charge is 2.13. The van der Waals surface area contributed by atoms with Crippen LogP contribution in [0.1, 0.15) is 35.5 Å². The molecule has 27 heavy (non-hydrogen) atoms. The first-order valence-corrected chi connectivity index (χ1v) is 8.87. The van der Waals surface area contributed by atoms with Gasteiger partial charge in [-0.3, -0.25) is 4.79 Å². The van der Waals surface area contributed by atoms with Gasteiger partial charge < -0.3 is 10.6 Å². The maximum Gasteiger partial charge on any atom is 0.275 e. The Morgan fingerprint density at radius 1 is 1.00 bits per heavy atom. The second kappa shape index (κ2) is 8.40. The Bertz CT molecular complexity index is 919. The zero-order chi connectivity index (χ0) is 19.2. The maximum atomic E-state index is 13.2. The summed E-state index contributed by atoms with van der Waals surface area (Å²) in [5.41, 5.74) is 3.79. The number of hydrogen-bond donors (Lipinski definition) is 2. The summed E-state index contributed by atoms with van der Waals surface area (Å²) < 4.78 is 13.2. The Labute approximate surface area is 157 Å². The van der Waals surface area contributed by atoms with E-state index in [1.54, 1.807) is 12.1 Å². The number of benzene rings is 2. The summed E-state index contributed by atoms with van der Waals surface area (Å²) in [4.78, 5) is 20.9. The van der Waals surface area contributed by atoms with E-state index in [1.807, 2.05) is 18.2 Å². The third kappa shape index (κ3) is 4.47. The van der Waals surface area contributed by atoms with Crippen LogP contribution in [0.5, 0.6) is 0 Å². The third-order valence-electron chi connectivity index (χ3n) is 4.22. The lowest BCUT2D eigenvalue weighted by atomic mass is 10.0. The first-order valence-electron chi connectivity index (χ1n) is 8.87. The van der Waals surface area contributed by atoms with Gasteiger partial charge in [-0.15, -0.1) is 0 Å². The second-order valence-corrected chi connectivity index (χ2v) is 6.03. The standard InChI is InChI=1S/C21H21FN4O/c1-3-14-7-5-8-15(4-2)20(14)26-21(27)18-12-24-19(13-23-18)25-17-10-6-9-16(22)11-17/h5-13H,3-4H2,1-2H3,(H,24,25)(H,26,27). The fraction of sp³-hybridized carbons (Fsp3) is 0.190. The molecule has 0 aliphatic rings. The fourth-order valence-corrected chi connectivity index (χ4v) is 2.80. The molecule has 0 unspecified atom stereocenters. The number of para-hydroxylation sites is 1. The van der Waals surface area contributed by atoms with E-state index in [9.17, 15) is 9.18 Å². The van der Waals surface area contributed by atoms with Crippen molar-refractivity contribution in [2.75, 3.05) is 10.6 Å². The molecule has 6 heteroatoms. The first-order chi connectivity index (χ1) is 13.1. The molecule has 0 bridgehead atoms. The lowest BCUT2D eigenvalue weighted by Crippen LogP contribution is -2.16. The van der Waals surface area contributed by atoms with Crippen molar-refractivity contribution in [3.63, 3.8) is 0 Å². The van der Waals surface area contributed by atoms with Gasteiger partial charge in [0.2, 0.25) is 0 Å². The van der Waals surface area contributed by atoms with Crippen molar-refractivity contribution < 1.29 is 9.18 Å². The molecule has 138 valence electrons. The number of anilines is 3. The molecule has 0 aliphatic carbocycles. The smallest absolute Gasteiger partial charge is 0.275 e. The average molecular weight is 364 g/mol. The van der Waals surface area contributed by atoms with Gasteiger partial charge in [0.05, 0.1) is 12.4 Å². The predicted octanol–water partition coefficient (Wildman–Crippen LogP) is 4.74. The molecule has 2 N–H and O–H groups in total.